The number of anilines is 1. The lowest BCUT2D eigenvalue weighted by molar-refractivity contribution is -0.139. The molecule has 1 atom stereocenters. The van der Waals surface area contributed by atoms with E-state index in [1.54, 1.807) is 9.58 Å². The molecule has 1 aromatic carbocycles. The first-order chi connectivity index (χ1) is 12.1. The summed E-state index contributed by atoms with van der Waals surface area (Å²) in [6.07, 6.45) is 3.54. The van der Waals surface area contributed by atoms with E-state index in [1.165, 1.54) is 6.20 Å². The zero-order valence-electron chi connectivity index (χ0n) is 14.0. The molecule has 2 aromatic rings. The quantitative estimate of drug-likeness (QED) is 0.914. The predicted octanol–water partition coefficient (Wildman–Crippen LogP) is 1.31. The van der Waals surface area contributed by atoms with Crippen LogP contribution in [-0.2, 0) is 11.3 Å². The molecule has 2 N–H and O–H groups in total. The number of hydrogen-bond donors (Lipinski definition) is 1. The molecule has 0 radical (unpaired) electrons. The van der Waals surface area contributed by atoms with E-state index >= 15 is 0 Å². The second kappa shape index (κ2) is 6.23. The van der Waals surface area contributed by atoms with E-state index in [2.05, 4.69) is 5.10 Å². The molecular weight excluding hydrogens is 318 g/mol. The molecule has 0 aliphatic carbocycles. The molecule has 3 heterocycles. The molecule has 0 bridgehead atoms. The van der Waals surface area contributed by atoms with Crippen LogP contribution in [0.1, 0.15) is 35.2 Å². The average molecular weight is 339 g/mol. The Morgan fingerprint density at radius 1 is 1.24 bits per heavy atom. The maximum absolute atomic E-state index is 13.0. The first kappa shape index (κ1) is 15.7. The number of amides is 2. The van der Waals surface area contributed by atoms with Crippen molar-refractivity contribution in [3.8, 4) is 0 Å². The zero-order chi connectivity index (χ0) is 17.4. The molecule has 2 fully saturated rings. The van der Waals surface area contributed by atoms with Gasteiger partial charge in [-0.2, -0.15) is 5.10 Å². The van der Waals surface area contributed by atoms with Crippen LogP contribution in [0.2, 0.25) is 0 Å². The number of aromatic nitrogens is 2. The van der Waals surface area contributed by atoms with E-state index in [9.17, 15) is 9.59 Å². The highest BCUT2D eigenvalue weighted by Gasteiger charge is 2.40. The normalized spacial score (nSPS) is 20.0. The summed E-state index contributed by atoms with van der Waals surface area (Å²) in [6.45, 7) is 1.70. The summed E-state index contributed by atoms with van der Waals surface area (Å²) in [5.74, 6) is 0.371. The second-order valence-corrected chi connectivity index (χ2v) is 6.55. The highest BCUT2D eigenvalue weighted by Crippen LogP contribution is 2.28. The van der Waals surface area contributed by atoms with Crippen molar-refractivity contribution in [3.63, 3.8) is 0 Å². The van der Waals surface area contributed by atoms with Crippen LogP contribution in [0.5, 0.6) is 0 Å². The topological polar surface area (TPSA) is 84.5 Å². The Morgan fingerprint density at radius 2 is 2.04 bits per heavy atom. The molecule has 7 nitrogen and oxygen atoms in total. The molecule has 2 saturated heterocycles. The number of fused-ring (bicyclic) bond motifs is 1. The highest BCUT2D eigenvalue weighted by atomic mass is 16.2. The van der Waals surface area contributed by atoms with Crippen molar-refractivity contribution >= 4 is 17.6 Å². The minimum Gasteiger partial charge on any atom is -0.383 e. The van der Waals surface area contributed by atoms with Gasteiger partial charge in [0.2, 0.25) is 5.91 Å². The summed E-state index contributed by atoms with van der Waals surface area (Å²) in [7, 11) is 0. The molecule has 7 heteroatoms. The van der Waals surface area contributed by atoms with Crippen molar-refractivity contribution in [2.75, 3.05) is 18.8 Å². The molecule has 130 valence electrons. The van der Waals surface area contributed by atoms with E-state index in [1.807, 2.05) is 35.2 Å². The molecule has 4 rings (SSSR count). The Hall–Kier alpha value is -2.83. The van der Waals surface area contributed by atoms with Crippen LogP contribution >= 0.6 is 0 Å². The van der Waals surface area contributed by atoms with Gasteiger partial charge in [-0.1, -0.05) is 30.3 Å². The molecule has 25 heavy (non-hydrogen) atoms. The van der Waals surface area contributed by atoms with Gasteiger partial charge in [0.05, 0.1) is 12.7 Å². The van der Waals surface area contributed by atoms with Gasteiger partial charge in [0.1, 0.15) is 17.5 Å². The van der Waals surface area contributed by atoms with Crippen LogP contribution in [-0.4, -0.2) is 50.6 Å². The van der Waals surface area contributed by atoms with Crippen molar-refractivity contribution in [2.24, 2.45) is 0 Å². The fourth-order valence-electron chi connectivity index (χ4n) is 3.71. The van der Waals surface area contributed by atoms with Gasteiger partial charge in [-0.25, -0.2) is 4.68 Å². The molecule has 2 aliphatic heterocycles. The minimum atomic E-state index is -0.138. The number of carbonyl (C=O) groups excluding carboxylic acids is 2. The molecular formula is C18H21N5O2. The number of nitrogens with two attached hydrogens (primary N) is 1. The lowest BCUT2D eigenvalue weighted by atomic mass is 10.1. The minimum absolute atomic E-state index is 0.134. The van der Waals surface area contributed by atoms with E-state index in [-0.39, 0.29) is 18.0 Å². The third-order valence-corrected chi connectivity index (χ3v) is 5.01. The summed E-state index contributed by atoms with van der Waals surface area (Å²) in [5.41, 5.74) is 7.68. The Bertz CT molecular complexity index is 801. The van der Waals surface area contributed by atoms with Gasteiger partial charge in [-0.05, 0) is 18.4 Å². The van der Waals surface area contributed by atoms with E-state index in [4.69, 9.17) is 5.73 Å². The summed E-state index contributed by atoms with van der Waals surface area (Å²) < 4.78 is 1.64. The summed E-state index contributed by atoms with van der Waals surface area (Å²) >= 11 is 0. The number of benzene rings is 1. The Labute approximate surface area is 146 Å². The monoisotopic (exact) mass is 339 g/mol. The summed E-state index contributed by atoms with van der Waals surface area (Å²) in [6, 6.07) is 9.86. The third kappa shape index (κ3) is 2.75. The van der Waals surface area contributed by atoms with Gasteiger partial charge in [-0.15, -0.1) is 0 Å². The van der Waals surface area contributed by atoms with Gasteiger partial charge >= 0.3 is 0 Å². The lowest BCUT2D eigenvalue weighted by Gasteiger charge is -2.39. The fraction of sp³-hybridized carbons (Fsp3) is 0.389. The SMILES string of the molecule is Nc1c(C(=O)N2CCC(=O)N3CCCC32)cnn1Cc1ccccc1. The predicted molar refractivity (Wildman–Crippen MR) is 92.6 cm³/mol. The first-order valence-corrected chi connectivity index (χ1v) is 8.61. The number of nitrogens with zero attached hydrogens (tertiary/aromatic N) is 4. The standard InChI is InChI=1S/C18H21N5O2/c19-17-14(11-20-23(17)12-13-5-2-1-3-6-13)18(25)22-10-8-16(24)21-9-4-7-15(21)22/h1-3,5-6,11,15H,4,7-10,12,19H2. The Morgan fingerprint density at radius 3 is 2.84 bits per heavy atom. The molecule has 0 saturated carbocycles. The number of rotatable bonds is 3. The molecule has 2 amide bonds. The van der Waals surface area contributed by atoms with Gasteiger partial charge in [0.25, 0.3) is 5.91 Å². The largest absolute Gasteiger partial charge is 0.383 e. The van der Waals surface area contributed by atoms with Crippen LogP contribution in [0.15, 0.2) is 36.5 Å². The van der Waals surface area contributed by atoms with Crippen LogP contribution in [0, 0.1) is 0 Å². The van der Waals surface area contributed by atoms with Gasteiger partial charge in [-0.3, -0.25) is 9.59 Å². The number of nitrogen functional groups attached to an aromatic ring is 1. The molecule has 2 aliphatic rings. The second-order valence-electron chi connectivity index (χ2n) is 6.55. The van der Waals surface area contributed by atoms with Crippen molar-refractivity contribution in [1.29, 1.82) is 0 Å². The zero-order valence-corrected chi connectivity index (χ0v) is 14.0. The lowest BCUT2D eigenvalue weighted by Crippen LogP contribution is -2.55. The molecule has 1 aromatic heterocycles. The summed E-state index contributed by atoms with van der Waals surface area (Å²) in [5, 5.41) is 4.29. The van der Waals surface area contributed by atoms with E-state index in [0.29, 0.717) is 30.9 Å². The van der Waals surface area contributed by atoms with Crippen molar-refractivity contribution < 1.29 is 9.59 Å². The number of carbonyl (C=O) groups is 2. The maximum atomic E-state index is 13.0. The van der Waals surface area contributed by atoms with Gasteiger partial charge in [0, 0.05) is 19.5 Å². The maximum Gasteiger partial charge on any atom is 0.260 e. The van der Waals surface area contributed by atoms with E-state index < -0.39 is 0 Å². The Kier molecular flexibility index (Phi) is 3.91. The van der Waals surface area contributed by atoms with Gasteiger partial charge < -0.3 is 15.5 Å². The van der Waals surface area contributed by atoms with Gasteiger partial charge in [0.15, 0.2) is 0 Å². The third-order valence-electron chi connectivity index (χ3n) is 5.01. The molecule has 1 unspecified atom stereocenters. The fourth-order valence-corrected chi connectivity index (χ4v) is 3.71. The van der Waals surface area contributed by atoms with Crippen molar-refractivity contribution in [1.82, 2.24) is 19.6 Å². The van der Waals surface area contributed by atoms with Crippen LogP contribution in [0.25, 0.3) is 0 Å². The summed E-state index contributed by atoms with van der Waals surface area (Å²) in [4.78, 5) is 28.6. The smallest absolute Gasteiger partial charge is 0.260 e. The highest BCUT2D eigenvalue weighted by molar-refractivity contribution is 5.99. The van der Waals surface area contributed by atoms with Crippen molar-refractivity contribution in [3.05, 3.63) is 47.7 Å². The van der Waals surface area contributed by atoms with Crippen LogP contribution in [0.3, 0.4) is 0 Å². The first-order valence-electron chi connectivity index (χ1n) is 8.61. The van der Waals surface area contributed by atoms with E-state index in [0.717, 1.165) is 24.9 Å². The van der Waals surface area contributed by atoms with Crippen LogP contribution in [0.4, 0.5) is 5.82 Å². The Balaban J connectivity index is 1.56. The molecule has 0 spiro atoms. The number of hydrogen-bond acceptors (Lipinski definition) is 4. The van der Waals surface area contributed by atoms with Crippen molar-refractivity contribution in [2.45, 2.75) is 32.0 Å². The average Bonchev–Trinajstić information content (AvgIpc) is 3.24. The van der Waals surface area contributed by atoms with Crippen LogP contribution < -0.4 is 5.73 Å².